The summed E-state index contributed by atoms with van der Waals surface area (Å²) in [6.07, 6.45) is 0. The first-order valence-corrected chi connectivity index (χ1v) is 6.25. The maximum atomic E-state index is 11.3. The Morgan fingerprint density at radius 3 is 2.81 bits per heavy atom. The molecule has 4 nitrogen and oxygen atoms in total. The molecular weight excluding hydrogens is 224 g/mol. The van der Waals surface area contributed by atoms with Crippen LogP contribution in [0.1, 0.15) is 31.3 Å². The van der Waals surface area contributed by atoms with E-state index in [-0.39, 0.29) is 5.97 Å². The van der Waals surface area contributed by atoms with Crippen LogP contribution in [0.25, 0.3) is 0 Å². The number of esters is 1. The van der Waals surface area contributed by atoms with Gasteiger partial charge in [0.25, 0.3) is 0 Å². The summed E-state index contributed by atoms with van der Waals surface area (Å²) in [5.74, 6) is 0.202. The molecule has 0 bridgehead atoms. The van der Waals surface area contributed by atoms with E-state index in [0.29, 0.717) is 11.6 Å². The van der Waals surface area contributed by atoms with Crippen LogP contribution in [-0.4, -0.2) is 31.2 Å². The molecule has 90 valence electrons. The molecule has 0 saturated carbocycles. The van der Waals surface area contributed by atoms with Crippen LogP contribution in [0.5, 0.6) is 0 Å². The minimum absolute atomic E-state index is 0.372. The van der Waals surface area contributed by atoms with E-state index in [0.717, 1.165) is 18.2 Å². The first-order chi connectivity index (χ1) is 7.58. The summed E-state index contributed by atoms with van der Waals surface area (Å²) in [5, 5.41) is 2.63. The molecule has 0 radical (unpaired) electrons. The standard InChI is InChI=1S/C11H18N2O2S/c1-5-13(6-8(2)3)11-12-9(7-16-11)10(14)15-4/h7-8H,5-6H2,1-4H3. The monoisotopic (exact) mass is 242 g/mol. The van der Waals surface area contributed by atoms with Crippen molar-refractivity contribution >= 4 is 22.4 Å². The Morgan fingerprint density at radius 2 is 2.31 bits per heavy atom. The van der Waals surface area contributed by atoms with E-state index in [1.807, 2.05) is 0 Å². The van der Waals surface area contributed by atoms with Gasteiger partial charge in [-0.3, -0.25) is 0 Å². The van der Waals surface area contributed by atoms with Crippen molar-refractivity contribution in [3.05, 3.63) is 11.1 Å². The fourth-order valence-corrected chi connectivity index (χ4v) is 2.26. The van der Waals surface area contributed by atoms with Gasteiger partial charge in [0.1, 0.15) is 0 Å². The van der Waals surface area contributed by atoms with Gasteiger partial charge in [-0.25, -0.2) is 9.78 Å². The molecule has 16 heavy (non-hydrogen) atoms. The molecule has 0 aliphatic rings. The second-order valence-electron chi connectivity index (χ2n) is 3.94. The van der Waals surface area contributed by atoms with E-state index < -0.39 is 0 Å². The lowest BCUT2D eigenvalue weighted by atomic mass is 10.2. The number of hydrogen-bond donors (Lipinski definition) is 0. The van der Waals surface area contributed by atoms with Crippen molar-refractivity contribution in [3.8, 4) is 0 Å². The molecule has 1 aromatic heterocycles. The van der Waals surface area contributed by atoms with Gasteiger partial charge in [0, 0.05) is 18.5 Å². The van der Waals surface area contributed by atoms with E-state index >= 15 is 0 Å². The minimum Gasteiger partial charge on any atom is -0.464 e. The van der Waals surface area contributed by atoms with Crippen LogP contribution in [-0.2, 0) is 4.74 Å². The van der Waals surface area contributed by atoms with Crippen LogP contribution < -0.4 is 4.90 Å². The van der Waals surface area contributed by atoms with Crippen molar-refractivity contribution < 1.29 is 9.53 Å². The molecule has 0 amide bonds. The van der Waals surface area contributed by atoms with E-state index in [1.54, 1.807) is 5.38 Å². The molecule has 1 aromatic rings. The SMILES string of the molecule is CCN(CC(C)C)c1nc(C(=O)OC)cs1. The predicted molar refractivity (Wildman–Crippen MR) is 66.2 cm³/mol. The van der Waals surface area contributed by atoms with Crippen LogP contribution in [0.15, 0.2) is 5.38 Å². The first kappa shape index (κ1) is 13.0. The number of nitrogens with zero attached hydrogens (tertiary/aromatic N) is 2. The van der Waals surface area contributed by atoms with Gasteiger partial charge in [0.2, 0.25) is 0 Å². The highest BCUT2D eigenvalue weighted by molar-refractivity contribution is 7.13. The van der Waals surface area contributed by atoms with Gasteiger partial charge < -0.3 is 9.64 Å². The fourth-order valence-electron chi connectivity index (χ4n) is 1.39. The highest BCUT2D eigenvalue weighted by Gasteiger charge is 2.15. The Hall–Kier alpha value is -1.10. The third-order valence-corrected chi connectivity index (χ3v) is 3.03. The molecule has 1 heterocycles. The Morgan fingerprint density at radius 1 is 1.62 bits per heavy atom. The van der Waals surface area contributed by atoms with Crippen LogP contribution in [0, 0.1) is 5.92 Å². The van der Waals surface area contributed by atoms with Crippen molar-refractivity contribution in [2.24, 2.45) is 5.92 Å². The molecule has 0 unspecified atom stereocenters. The second kappa shape index (κ2) is 5.84. The van der Waals surface area contributed by atoms with Crippen molar-refractivity contribution in [2.45, 2.75) is 20.8 Å². The van der Waals surface area contributed by atoms with Gasteiger partial charge in [-0.15, -0.1) is 11.3 Å². The van der Waals surface area contributed by atoms with E-state index in [1.165, 1.54) is 18.4 Å². The molecule has 0 atom stereocenters. The van der Waals surface area contributed by atoms with E-state index in [9.17, 15) is 4.79 Å². The lowest BCUT2D eigenvalue weighted by Crippen LogP contribution is -2.27. The second-order valence-corrected chi connectivity index (χ2v) is 4.78. The van der Waals surface area contributed by atoms with Gasteiger partial charge in [-0.2, -0.15) is 0 Å². The molecule has 0 spiro atoms. The molecule has 0 saturated heterocycles. The Labute approximate surface area is 100 Å². The summed E-state index contributed by atoms with van der Waals surface area (Å²) in [4.78, 5) is 17.7. The topological polar surface area (TPSA) is 42.4 Å². The summed E-state index contributed by atoms with van der Waals surface area (Å²) in [5.41, 5.74) is 0.393. The Kier molecular flexibility index (Phi) is 4.73. The number of hydrogen-bond acceptors (Lipinski definition) is 5. The summed E-state index contributed by atoms with van der Waals surface area (Å²) < 4.78 is 4.63. The Balaban J connectivity index is 2.78. The highest BCUT2D eigenvalue weighted by Crippen LogP contribution is 2.21. The zero-order chi connectivity index (χ0) is 12.1. The summed E-state index contributed by atoms with van der Waals surface area (Å²) >= 11 is 1.48. The number of carbonyl (C=O) groups is 1. The van der Waals surface area contributed by atoms with E-state index in [2.05, 4.69) is 35.4 Å². The van der Waals surface area contributed by atoms with Crippen LogP contribution in [0.4, 0.5) is 5.13 Å². The summed E-state index contributed by atoms with van der Waals surface area (Å²) in [6.45, 7) is 8.26. The van der Waals surface area contributed by atoms with Crippen LogP contribution in [0.3, 0.4) is 0 Å². The van der Waals surface area contributed by atoms with Gasteiger partial charge in [0.15, 0.2) is 10.8 Å². The molecule has 0 fully saturated rings. The maximum absolute atomic E-state index is 11.3. The smallest absolute Gasteiger partial charge is 0.357 e. The highest BCUT2D eigenvalue weighted by atomic mass is 32.1. The summed E-state index contributed by atoms with van der Waals surface area (Å²) in [6, 6.07) is 0. The van der Waals surface area contributed by atoms with Crippen molar-refractivity contribution in [1.29, 1.82) is 0 Å². The first-order valence-electron chi connectivity index (χ1n) is 5.37. The molecule has 0 N–H and O–H groups in total. The minimum atomic E-state index is -0.372. The lowest BCUT2D eigenvalue weighted by molar-refractivity contribution is 0.0595. The number of ether oxygens (including phenoxy) is 1. The average Bonchev–Trinajstić information content (AvgIpc) is 2.73. The normalized spacial score (nSPS) is 10.6. The number of thiazole rings is 1. The quantitative estimate of drug-likeness (QED) is 0.744. The van der Waals surface area contributed by atoms with Gasteiger partial charge >= 0.3 is 5.97 Å². The average molecular weight is 242 g/mol. The van der Waals surface area contributed by atoms with Crippen LogP contribution in [0.2, 0.25) is 0 Å². The Bertz CT molecular complexity index is 350. The number of rotatable bonds is 5. The molecule has 1 rings (SSSR count). The third kappa shape index (κ3) is 3.20. The largest absolute Gasteiger partial charge is 0.464 e. The van der Waals surface area contributed by atoms with Crippen molar-refractivity contribution in [1.82, 2.24) is 4.98 Å². The molecule has 0 aliphatic heterocycles. The third-order valence-electron chi connectivity index (χ3n) is 2.12. The zero-order valence-corrected chi connectivity index (χ0v) is 11.0. The molecule has 0 aromatic carbocycles. The van der Waals surface area contributed by atoms with Gasteiger partial charge in [-0.05, 0) is 12.8 Å². The number of carbonyl (C=O) groups excluding carboxylic acids is 1. The maximum Gasteiger partial charge on any atom is 0.357 e. The molecule has 5 heteroatoms. The van der Waals surface area contributed by atoms with Crippen molar-refractivity contribution in [2.75, 3.05) is 25.1 Å². The van der Waals surface area contributed by atoms with Crippen molar-refractivity contribution in [3.63, 3.8) is 0 Å². The number of aromatic nitrogens is 1. The zero-order valence-electron chi connectivity index (χ0n) is 10.2. The molecular formula is C11H18N2O2S. The van der Waals surface area contributed by atoms with Gasteiger partial charge in [0.05, 0.1) is 7.11 Å². The van der Waals surface area contributed by atoms with Gasteiger partial charge in [-0.1, -0.05) is 13.8 Å². The fraction of sp³-hybridized carbons (Fsp3) is 0.636. The predicted octanol–water partition coefficient (Wildman–Crippen LogP) is 2.41. The number of methoxy groups -OCH3 is 1. The van der Waals surface area contributed by atoms with E-state index in [4.69, 9.17) is 0 Å². The lowest BCUT2D eigenvalue weighted by Gasteiger charge is -2.21. The molecule has 0 aliphatic carbocycles. The van der Waals surface area contributed by atoms with Crippen LogP contribution >= 0.6 is 11.3 Å². The summed E-state index contributed by atoms with van der Waals surface area (Å²) in [7, 11) is 1.37. The number of anilines is 1.